The molecule has 44 heavy (non-hydrogen) atoms. The number of benzene rings is 1. The van der Waals surface area contributed by atoms with Gasteiger partial charge in [0.25, 0.3) is 0 Å². The maximum absolute atomic E-state index is 12.9. The van der Waals surface area contributed by atoms with Gasteiger partial charge < -0.3 is 46.3 Å². The monoisotopic (exact) mass is 622 g/mol. The molecule has 0 spiro atoms. The number of nitrogens with one attached hydrogen (secondary N) is 2. The van der Waals surface area contributed by atoms with Crippen molar-refractivity contribution in [3.05, 3.63) is 23.8 Å². The lowest BCUT2D eigenvalue weighted by Crippen LogP contribution is -2.60. The first kappa shape index (κ1) is 35.3. The molecule has 4 amide bonds. The number of amides is 4. The molecule has 2 aliphatic rings. The molecule has 0 radical (unpaired) electrons. The summed E-state index contributed by atoms with van der Waals surface area (Å²) in [4.78, 5) is 52.0. The number of anilines is 1. The molecule has 3 rings (SSSR count). The number of hydrogen-bond donors (Lipinski definition) is 7. The standard InChI is InChI=1S/C30H46N4O10/c1-15(2)5-6-17-7-8-21(43-30-27(40)26(39)25(38)22(14-35)44-30)19(11-17)33-23(36)9-10-32-28(41)20(13-31)34-24(37)12-18(16(3)4)29(34)42/h7-8,11,15-16,18,20,22,25-27,30,35,38-40H,5-6,9-10,12-14,31H2,1-4H3,(H,32,41)(H,33,36). The van der Waals surface area contributed by atoms with Crippen LogP contribution in [0.15, 0.2) is 18.2 Å². The molecule has 7 unspecified atom stereocenters. The van der Waals surface area contributed by atoms with Crippen LogP contribution in [0.4, 0.5) is 5.69 Å². The third-order valence-corrected chi connectivity index (χ3v) is 7.93. The average molecular weight is 623 g/mol. The van der Waals surface area contributed by atoms with Crippen molar-refractivity contribution in [2.45, 2.75) is 90.1 Å². The van der Waals surface area contributed by atoms with E-state index in [1.807, 2.05) is 13.8 Å². The van der Waals surface area contributed by atoms with Gasteiger partial charge in [0.2, 0.25) is 29.9 Å². The van der Waals surface area contributed by atoms with Gasteiger partial charge in [0.05, 0.1) is 12.3 Å². The van der Waals surface area contributed by atoms with Gasteiger partial charge in [-0.3, -0.25) is 24.1 Å². The molecule has 1 aromatic rings. The smallest absolute Gasteiger partial charge is 0.244 e. The Hall–Kier alpha value is -3.14. The topological polar surface area (TPSA) is 221 Å². The number of nitrogens with two attached hydrogens (primary N) is 1. The molecule has 2 fully saturated rings. The average Bonchev–Trinajstić information content (AvgIpc) is 3.27. The van der Waals surface area contributed by atoms with Gasteiger partial charge in [0, 0.05) is 31.8 Å². The number of aliphatic hydroxyl groups excluding tert-OH is 4. The highest BCUT2D eigenvalue weighted by atomic mass is 16.7. The summed E-state index contributed by atoms with van der Waals surface area (Å²) in [7, 11) is 0. The molecule has 8 N–H and O–H groups in total. The number of aryl methyl sites for hydroxylation is 1. The molecular formula is C30H46N4O10. The first-order valence-corrected chi connectivity index (χ1v) is 15.0. The van der Waals surface area contributed by atoms with Crippen molar-refractivity contribution in [2.75, 3.05) is 25.0 Å². The number of carbonyl (C=O) groups is 4. The first-order chi connectivity index (χ1) is 20.8. The van der Waals surface area contributed by atoms with E-state index in [0.29, 0.717) is 12.3 Å². The highest BCUT2D eigenvalue weighted by Gasteiger charge is 2.46. The largest absolute Gasteiger partial charge is 0.460 e. The van der Waals surface area contributed by atoms with Gasteiger partial charge in [-0.25, -0.2) is 0 Å². The Bertz CT molecular complexity index is 1180. The van der Waals surface area contributed by atoms with Crippen LogP contribution in [0, 0.1) is 17.8 Å². The molecule has 0 bridgehead atoms. The zero-order valence-corrected chi connectivity index (χ0v) is 25.6. The Kier molecular flexibility index (Phi) is 12.6. The summed E-state index contributed by atoms with van der Waals surface area (Å²) in [5.41, 5.74) is 6.90. The SMILES string of the molecule is CC(C)CCc1ccc(OC2OC(CO)C(O)C(O)C2O)c(NC(=O)CCNC(=O)C(CN)N2C(=O)CC(C(C)C)C2=O)c1. The fourth-order valence-electron chi connectivity index (χ4n) is 5.16. The normalized spacial score (nSPS) is 26.3. The van der Waals surface area contributed by atoms with Crippen LogP contribution < -0.4 is 21.1 Å². The van der Waals surface area contributed by atoms with Gasteiger partial charge in [0.1, 0.15) is 36.2 Å². The molecular weight excluding hydrogens is 576 g/mol. The number of likely N-dealkylation sites (tertiary alicyclic amines) is 1. The molecule has 0 aliphatic carbocycles. The second kappa shape index (κ2) is 15.7. The summed E-state index contributed by atoms with van der Waals surface area (Å²) in [6.07, 6.45) is -6.03. The van der Waals surface area contributed by atoms with E-state index in [0.717, 1.165) is 16.9 Å². The molecule has 2 saturated heterocycles. The molecule has 14 heteroatoms. The molecule has 7 atom stereocenters. The molecule has 2 heterocycles. The minimum atomic E-state index is -1.65. The van der Waals surface area contributed by atoms with Gasteiger partial charge in [-0.05, 0) is 42.4 Å². The molecule has 14 nitrogen and oxygen atoms in total. The van der Waals surface area contributed by atoms with Crippen molar-refractivity contribution in [2.24, 2.45) is 23.5 Å². The summed E-state index contributed by atoms with van der Waals surface area (Å²) >= 11 is 0. The lowest BCUT2D eigenvalue weighted by atomic mass is 9.94. The van der Waals surface area contributed by atoms with E-state index in [2.05, 4.69) is 24.5 Å². The predicted octanol–water partition coefficient (Wildman–Crippen LogP) is -0.743. The minimum Gasteiger partial charge on any atom is -0.460 e. The second-order valence-corrected chi connectivity index (χ2v) is 12.1. The van der Waals surface area contributed by atoms with Crippen LogP contribution in [-0.2, 0) is 30.3 Å². The van der Waals surface area contributed by atoms with E-state index in [9.17, 15) is 39.6 Å². The molecule has 0 saturated carbocycles. The number of ether oxygens (including phenoxy) is 2. The van der Waals surface area contributed by atoms with Crippen molar-refractivity contribution in [3.63, 3.8) is 0 Å². The van der Waals surface area contributed by atoms with E-state index < -0.39 is 72.9 Å². The van der Waals surface area contributed by atoms with Gasteiger partial charge in [0.15, 0.2) is 0 Å². The second-order valence-electron chi connectivity index (χ2n) is 12.1. The van der Waals surface area contributed by atoms with Gasteiger partial charge in [-0.15, -0.1) is 0 Å². The van der Waals surface area contributed by atoms with Crippen LogP contribution in [0.1, 0.15) is 52.5 Å². The van der Waals surface area contributed by atoms with E-state index in [4.69, 9.17) is 15.2 Å². The van der Waals surface area contributed by atoms with E-state index in [1.165, 1.54) is 0 Å². The molecule has 2 aliphatic heterocycles. The van der Waals surface area contributed by atoms with Crippen molar-refractivity contribution >= 4 is 29.3 Å². The fraction of sp³-hybridized carbons (Fsp3) is 0.667. The highest BCUT2D eigenvalue weighted by Crippen LogP contribution is 2.32. The van der Waals surface area contributed by atoms with Crippen molar-refractivity contribution in [3.8, 4) is 5.75 Å². The summed E-state index contributed by atoms with van der Waals surface area (Å²) in [5.74, 6) is -2.07. The lowest BCUT2D eigenvalue weighted by Gasteiger charge is -2.39. The van der Waals surface area contributed by atoms with Crippen molar-refractivity contribution < 1.29 is 49.1 Å². The zero-order valence-electron chi connectivity index (χ0n) is 25.6. The van der Waals surface area contributed by atoms with Crippen LogP contribution in [-0.4, -0.2) is 105 Å². The third-order valence-electron chi connectivity index (χ3n) is 7.93. The Morgan fingerprint density at radius 3 is 2.41 bits per heavy atom. The predicted molar refractivity (Wildman–Crippen MR) is 158 cm³/mol. The van der Waals surface area contributed by atoms with E-state index >= 15 is 0 Å². The zero-order chi connectivity index (χ0) is 32.7. The minimum absolute atomic E-state index is 0.0203. The van der Waals surface area contributed by atoms with Crippen molar-refractivity contribution in [1.82, 2.24) is 10.2 Å². The van der Waals surface area contributed by atoms with Gasteiger partial charge in [-0.1, -0.05) is 33.8 Å². The summed E-state index contributed by atoms with van der Waals surface area (Å²) < 4.78 is 11.3. The summed E-state index contributed by atoms with van der Waals surface area (Å²) in [6.45, 7) is 6.83. The van der Waals surface area contributed by atoms with E-state index in [1.54, 1.807) is 18.2 Å². The highest BCUT2D eigenvalue weighted by molar-refractivity contribution is 6.07. The molecule has 1 aromatic carbocycles. The first-order valence-electron chi connectivity index (χ1n) is 15.0. The maximum Gasteiger partial charge on any atom is 0.244 e. The Balaban J connectivity index is 1.67. The van der Waals surface area contributed by atoms with Crippen LogP contribution in [0.25, 0.3) is 0 Å². The number of imide groups is 1. The van der Waals surface area contributed by atoms with Gasteiger partial charge >= 0.3 is 0 Å². The Morgan fingerprint density at radius 2 is 1.82 bits per heavy atom. The number of aliphatic hydroxyl groups is 4. The maximum atomic E-state index is 12.9. The van der Waals surface area contributed by atoms with Gasteiger partial charge in [-0.2, -0.15) is 0 Å². The van der Waals surface area contributed by atoms with Crippen LogP contribution in [0.2, 0.25) is 0 Å². The Morgan fingerprint density at radius 1 is 1.11 bits per heavy atom. The third kappa shape index (κ3) is 8.52. The summed E-state index contributed by atoms with van der Waals surface area (Å²) in [6, 6.07) is 3.89. The number of rotatable bonds is 14. The van der Waals surface area contributed by atoms with Crippen LogP contribution in [0.3, 0.4) is 0 Å². The number of carbonyl (C=O) groups excluding carboxylic acids is 4. The number of nitrogens with zero attached hydrogens (tertiary/aromatic N) is 1. The Labute approximate surface area is 256 Å². The van der Waals surface area contributed by atoms with E-state index in [-0.39, 0.29) is 43.3 Å². The fourth-order valence-corrected chi connectivity index (χ4v) is 5.16. The molecule has 0 aromatic heterocycles. The number of hydrogen-bond acceptors (Lipinski definition) is 11. The summed E-state index contributed by atoms with van der Waals surface area (Å²) in [5, 5.41) is 45.4. The van der Waals surface area contributed by atoms with Crippen molar-refractivity contribution in [1.29, 1.82) is 0 Å². The quantitative estimate of drug-likeness (QED) is 0.128. The lowest BCUT2D eigenvalue weighted by molar-refractivity contribution is -0.277. The van der Waals surface area contributed by atoms with Crippen LogP contribution in [0.5, 0.6) is 5.75 Å². The molecule has 246 valence electrons. The van der Waals surface area contributed by atoms with Crippen LogP contribution >= 0.6 is 0 Å².